The number of thiocarbonyl (C=S) groups is 1. The average molecular weight is 500 g/mol. The molecule has 0 amide bonds. The van der Waals surface area contributed by atoms with Crippen molar-refractivity contribution in [3.05, 3.63) is 61.2 Å². The van der Waals surface area contributed by atoms with E-state index in [1.54, 1.807) is 24.4 Å². The molecular formula is C17H17IN4O4S. The Balaban J connectivity index is 2.18. The molecule has 0 aromatic heterocycles. The minimum absolute atomic E-state index is 0.0394. The van der Waals surface area contributed by atoms with Gasteiger partial charge in [0.2, 0.25) is 0 Å². The minimum atomic E-state index is -0.437. The van der Waals surface area contributed by atoms with Crippen LogP contribution in [0, 0.1) is 13.7 Å². The Morgan fingerprint density at radius 3 is 2.67 bits per heavy atom. The van der Waals surface area contributed by atoms with Gasteiger partial charge in [-0.25, -0.2) is 0 Å². The van der Waals surface area contributed by atoms with E-state index in [-0.39, 0.29) is 17.4 Å². The third-order valence-corrected chi connectivity index (χ3v) is 4.14. The van der Waals surface area contributed by atoms with Crippen LogP contribution in [0.4, 0.5) is 5.69 Å². The molecule has 0 saturated carbocycles. The van der Waals surface area contributed by atoms with E-state index in [0.717, 1.165) is 14.7 Å². The predicted molar refractivity (Wildman–Crippen MR) is 115 cm³/mol. The number of hydrogen-bond acceptors (Lipinski definition) is 6. The largest absolute Gasteiger partial charge is 0.490 e. The highest BCUT2D eigenvalue weighted by Crippen LogP contribution is 2.34. The smallest absolute Gasteiger partial charge is 0.269 e. The fourth-order valence-corrected chi connectivity index (χ4v) is 2.94. The summed E-state index contributed by atoms with van der Waals surface area (Å²) in [4.78, 5) is 10.3. The average Bonchev–Trinajstić information content (AvgIpc) is 2.61. The first-order chi connectivity index (χ1) is 12.9. The Morgan fingerprint density at radius 1 is 1.37 bits per heavy atom. The quantitative estimate of drug-likeness (QED) is 0.188. The second kappa shape index (κ2) is 10.0. The molecule has 0 heterocycles. The van der Waals surface area contributed by atoms with Crippen LogP contribution >= 0.6 is 34.8 Å². The Labute approximate surface area is 175 Å². The monoisotopic (exact) mass is 500 g/mol. The molecule has 0 spiro atoms. The molecule has 0 aliphatic carbocycles. The normalized spacial score (nSPS) is 10.6. The van der Waals surface area contributed by atoms with Gasteiger partial charge in [-0.05, 0) is 77.1 Å². The zero-order valence-corrected chi connectivity index (χ0v) is 17.3. The first-order valence-electron chi connectivity index (χ1n) is 7.81. The number of nitro groups is 1. The summed E-state index contributed by atoms with van der Waals surface area (Å²) in [5, 5.41) is 14.7. The van der Waals surface area contributed by atoms with E-state index in [4.69, 9.17) is 27.4 Å². The van der Waals surface area contributed by atoms with E-state index in [9.17, 15) is 10.1 Å². The molecular weight excluding hydrogens is 483 g/mol. The maximum atomic E-state index is 10.7. The van der Waals surface area contributed by atoms with Crippen LogP contribution in [0.15, 0.2) is 41.5 Å². The number of nitro benzene ring substituents is 1. The van der Waals surface area contributed by atoms with Crippen molar-refractivity contribution in [2.75, 3.05) is 6.61 Å². The summed E-state index contributed by atoms with van der Waals surface area (Å²) in [5.74, 6) is 1.17. The van der Waals surface area contributed by atoms with E-state index in [1.165, 1.54) is 12.1 Å². The van der Waals surface area contributed by atoms with Crippen molar-refractivity contribution in [3.8, 4) is 11.5 Å². The second-order valence-electron chi connectivity index (χ2n) is 5.21. The summed E-state index contributed by atoms with van der Waals surface area (Å²) < 4.78 is 12.4. The zero-order chi connectivity index (χ0) is 19.8. The molecule has 0 saturated heterocycles. The number of non-ortho nitro benzene ring substituents is 1. The summed E-state index contributed by atoms with van der Waals surface area (Å²) in [6.07, 6.45) is 1.57. The van der Waals surface area contributed by atoms with Crippen LogP contribution in [-0.4, -0.2) is 22.9 Å². The van der Waals surface area contributed by atoms with Gasteiger partial charge in [0.1, 0.15) is 6.61 Å². The molecule has 8 nitrogen and oxygen atoms in total. The molecule has 2 rings (SSSR count). The van der Waals surface area contributed by atoms with E-state index in [1.807, 2.05) is 13.0 Å². The predicted octanol–water partition coefficient (Wildman–Crippen LogP) is 3.34. The van der Waals surface area contributed by atoms with Gasteiger partial charge >= 0.3 is 0 Å². The van der Waals surface area contributed by atoms with Gasteiger partial charge < -0.3 is 15.2 Å². The lowest BCUT2D eigenvalue weighted by Gasteiger charge is -2.14. The standard InChI is InChI=1S/C17H17IN4O4S/c1-2-25-15-8-12(9-20-21-17(19)27)7-14(18)16(15)26-10-11-3-5-13(6-4-11)22(23)24/h3-9H,2,10H2,1H3,(H3,19,21,27)/b20-9-. The SMILES string of the molecule is CCOc1cc(/C=N\NC(N)=S)cc(I)c1OCc1ccc([N+](=O)[O-])cc1. The summed E-state index contributed by atoms with van der Waals surface area (Å²) in [6, 6.07) is 9.88. The summed E-state index contributed by atoms with van der Waals surface area (Å²) in [5.41, 5.74) is 9.46. The van der Waals surface area contributed by atoms with Crippen molar-refractivity contribution in [1.29, 1.82) is 0 Å². The Hall–Kier alpha value is -2.47. The number of nitrogens with one attached hydrogen (secondary N) is 1. The lowest BCUT2D eigenvalue weighted by atomic mass is 10.2. The van der Waals surface area contributed by atoms with E-state index in [0.29, 0.717) is 18.1 Å². The molecule has 0 bridgehead atoms. The fraction of sp³-hybridized carbons (Fsp3) is 0.176. The van der Waals surface area contributed by atoms with Crippen LogP contribution < -0.4 is 20.6 Å². The van der Waals surface area contributed by atoms with Crippen LogP contribution in [0.3, 0.4) is 0 Å². The van der Waals surface area contributed by atoms with Gasteiger partial charge in [0, 0.05) is 12.1 Å². The van der Waals surface area contributed by atoms with Crippen molar-refractivity contribution < 1.29 is 14.4 Å². The van der Waals surface area contributed by atoms with Gasteiger partial charge in [-0.1, -0.05) is 0 Å². The van der Waals surface area contributed by atoms with Gasteiger partial charge in [0.15, 0.2) is 16.6 Å². The minimum Gasteiger partial charge on any atom is -0.490 e. The van der Waals surface area contributed by atoms with Crippen molar-refractivity contribution >= 4 is 51.8 Å². The van der Waals surface area contributed by atoms with Crippen LogP contribution in [0.5, 0.6) is 11.5 Å². The fourth-order valence-electron chi connectivity index (χ4n) is 2.11. The van der Waals surface area contributed by atoms with E-state index >= 15 is 0 Å². The number of ether oxygens (including phenoxy) is 2. The number of nitrogens with zero attached hydrogens (tertiary/aromatic N) is 2. The molecule has 0 fully saturated rings. The first-order valence-corrected chi connectivity index (χ1v) is 9.30. The van der Waals surface area contributed by atoms with Crippen LogP contribution in [-0.2, 0) is 6.61 Å². The zero-order valence-electron chi connectivity index (χ0n) is 14.3. The lowest BCUT2D eigenvalue weighted by molar-refractivity contribution is -0.384. The van der Waals surface area contributed by atoms with Crippen LogP contribution in [0.2, 0.25) is 0 Å². The number of hydrazone groups is 1. The van der Waals surface area contributed by atoms with Gasteiger partial charge in [0.05, 0.1) is 21.3 Å². The second-order valence-corrected chi connectivity index (χ2v) is 6.81. The van der Waals surface area contributed by atoms with Gasteiger partial charge in [-0.2, -0.15) is 5.10 Å². The van der Waals surface area contributed by atoms with Crippen molar-refractivity contribution in [2.24, 2.45) is 10.8 Å². The molecule has 0 unspecified atom stereocenters. The molecule has 2 aromatic carbocycles. The molecule has 10 heteroatoms. The number of hydrogen-bond donors (Lipinski definition) is 2. The van der Waals surface area contributed by atoms with E-state index in [2.05, 4.69) is 33.1 Å². The highest BCUT2D eigenvalue weighted by molar-refractivity contribution is 14.1. The molecule has 3 N–H and O–H groups in total. The van der Waals surface area contributed by atoms with Gasteiger partial charge in [-0.3, -0.25) is 15.5 Å². The van der Waals surface area contributed by atoms with E-state index < -0.39 is 4.92 Å². The van der Waals surface area contributed by atoms with Crippen molar-refractivity contribution in [3.63, 3.8) is 0 Å². The lowest BCUT2D eigenvalue weighted by Crippen LogP contribution is -2.24. The summed E-state index contributed by atoms with van der Waals surface area (Å²) >= 11 is 6.84. The number of benzene rings is 2. The molecule has 0 atom stereocenters. The van der Waals surface area contributed by atoms with Crippen LogP contribution in [0.25, 0.3) is 0 Å². The van der Waals surface area contributed by atoms with Crippen molar-refractivity contribution in [2.45, 2.75) is 13.5 Å². The third kappa shape index (κ3) is 6.32. The Morgan fingerprint density at radius 2 is 2.07 bits per heavy atom. The highest BCUT2D eigenvalue weighted by Gasteiger charge is 2.13. The summed E-state index contributed by atoms with van der Waals surface area (Å²) in [7, 11) is 0. The number of nitrogens with two attached hydrogens (primary N) is 1. The molecule has 2 aromatic rings. The third-order valence-electron chi connectivity index (χ3n) is 3.25. The highest BCUT2D eigenvalue weighted by atomic mass is 127. The first kappa shape index (κ1) is 20.8. The molecule has 142 valence electrons. The topological polar surface area (TPSA) is 112 Å². The van der Waals surface area contributed by atoms with Gasteiger partial charge in [0.25, 0.3) is 5.69 Å². The molecule has 0 radical (unpaired) electrons. The molecule has 0 aliphatic heterocycles. The Bertz CT molecular complexity index is 859. The van der Waals surface area contributed by atoms with Crippen molar-refractivity contribution in [1.82, 2.24) is 5.43 Å². The molecule has 0 aliphatic rings. The maximum absolute atomic E-state index is 10.7. The summed E-state index contributed by atoms with van der Waals surface area (Å²) in [6.45, 7) is 2.60. The molecule has 27 heavy (non-hydrogen) atoms. The van der Waals surface area contributed by atoms with Crippen LogP contribution in [0.1, 0.15) is 18.1 Å². The number of halogens is 1. The van der Waals surface area contributed by atoms with Gasteiger partial charge in [-0.15, -0.1) is 0 Å². The Kier molecular flexibility index (Phi) is 7.73. The number of rotatable bonds is 8. The maximum Gasteiger partial charge on any atom is 0.269 e.